The minimum absolute atomic E-state index is 0. The fourth-order valence-corrected chi connectivity index (χ4v) is 4.33. The fraction of sp³-hybridized carbons (Fsp3) is 0.538. The van der Waals surface area contributed by atoms with E-state index in [1.807, 2.05) is 0 Å². The Bertz CT molecular complexity index is 587. The number of nitrogens with one attached hydrogen (secondary N) is 1. The van der Waals surface area contributed by atoms with E-state index in [0.29, 0.717) is 5.02 Å². The molecule has 8 heteroatoms. The summed E-state index contributed by atoms with van der Waals surface area (Å²) in [4.78, 5) is -0.00826. The molecule has 0 saturated heterocycles. The van der Waals surface area contributed by atoms with Gasteiger partial charge in [0.1, 0.15) is 4.90 Å². The highest BCUT2D eigenvalue weighted by Crippen LogP contribution is 2.27. The Morgan fingerprint density at radius 2 is 1.81 bits per heavy atom. The van der Waals surface area contributed by atoms with Gasteiger partial charge in [-0.05, 0) is 31.0 Å². The number of halogens is 3. The van der Waals surface area contributed by atoms with Gasteiger partial charge in [0.05, 0.1) is 5.02 Å². The summed E-state index contributed by atoms with van der Waals surface area (Å²) >= 11 is 11.8. The summed E-state index contributed by atoms with van der Waals surface area (Å²) in [5, 5.41) is 0.478. The highest BCUT2D eigenvalue weighted by atomic mass is 35.5. The maximum absolute atomic E-state index is 12.3. The maximum atomic E-state index is 12.3. The quantitative estimate of drug-likeness (QED) is 0.850. The van der Waals surface area contributed by atoms with Crippen LogP contribution in [0, 0.1) is 0 Å². The Kier molecular flexibility index (Phi) is 6.78. The molecule has 1 fully saturated rings. The average molecular weight is 374 g/mol. The molecule has 21 heavy (non-hydrogen) atoms. The number of rotatable bonds is 4. The van der Waals surface area contributed by atoms with E-state index in [1.165, 1.54) is 12.1 Å². The van der Waals surface area contributed by atoms with Crippen LogP contribution >= 0.6 is 35.6 Å². The second kappa shape index (κ2) is 7.49. The van der Waals surface area contributed by atoms with E-state index >= 15 is 0 Å². The molecule has 0 atom stereocenters. The van der Waals surface area contributed by atoms with Crippen molar-refractivity contribution < 1.29 is 8.42 Å². The first kappa shape index (κ1) is 19.0. The van der Waals surface area contributed by atoms with Crippen LogP contribution in [0.5, 0.6) is 0 Å². The topological polar surface area (TPSA) is 72.2 Å². The molecule has 0 aliphatic heterocycles. The number of hydrogen-bond acceptors (Lipinski definition) is 3. The van der Waals surface area contributed by atoms with Crippen molar-refractivity contribution in [3.8, 4) is 0 Å². The van der Waals surface area contributed by atoms with E-state index in [0.717, 1.165) is 32.1 Å². The van der Waals surface area contributed by atoms with Crippen molar-refractivity contribution in [3.05, 3.63) is 28.2 Å². The van der Waals surface area contributed by atoms with E-state index in [2.05, 4.69) is 4.72 Å². The summed E-state index contributed by atoms with van der Waals surface area (Å²) in [6.07, 6.45) is 4.90. The van der Waals surface area contributed by atoms with Crippen molar-refractivity contribution >= 4 is 45.6 Å². The van der Waals surface area contributed by atoms with Gasteiger partial charge in [0.25, 0.3) is 0 Å². The number of sulfonamides is 1. The highest BCUT2D eigenvalue weighted by molar-refractivity contribution is 7.89. The molecule has 0 aromatic heterocycles. The smallest absolute Gasteiger partial charge is 0.242 e. The van der Waals surface area contributed by atoms with Crippen molar-refractivity contribution in [2.75, 3.05) is 6.54 Å². The molecule has 1 aromatic carbocycles. The van der Waals surface area contributed by atoms with E-state index in [1.54, 1.807) is 6.07 Å². The molecule has 0 heterocycles. The summed E-state index contributed by atoms with van der Waals surface area (Å²) in [7, 11) is -3.70. The summed E-state index contributed by atoms with van der Waals surface area (Å²) < 4.78 is 27.1. The van der Waals surface area contributed by atoms with Crippen LogP contribution in [0.2, 0.25) is 10.0 Å². The lowest BCUT2D eigenvalue weighted by molar-refractivity contribution is 0.296. The average Bonchev–Trinajstić information content (AvgIpc) is 2.40. The molecule has 4 nitrogen and oxygen atoms in total. The Balaban J connectivity index is 0.00000220. The second-order valence-electron chi connectivity index (χ2n) is 5.32. The first-order chi connectivity index (χ1) is 9.32. The highest BCUT2D eigenvalue weighted by Gasteiger charge is 2.29. The zero-order chi connectivity index (χ0) is 14.8. The van der Waals surface area contributed by atoms with Crippen LogP contribution in [-0.4, -0.2) is 20.5 Å². The molecule has 1 aliphatic carbocycles. The van der Waals surface area contributed by atoms with Crippen LogP contribution < -0.4 is 10.5 Å². The first-order valence-corrected chi connectivity index (χ1v) is 8.80. The van der Waals surface area contributed by atoms with Crippen molar-refractivity contribution in [1.82, 2.24) is 4.72 Å². The van der Waals surface area contributed by atoms with Gasteiger partial charge in [0.15, 0.2) is 0 Å². The monoisotopic (exact) mass is 372 g/mol. The van der Waals surface area contributed by atoms with Crippen molar-refractivity contribution in [3.63, 3.8) is 0 Å². The Morgan fingerprint density at radius 3 is 2.43 bits per heavy atom. The van der Waals surface area contributed by atoms with Gasteiger partial charge in [0.2, 0.25) is 10.0 Å². The molecule has 0 radical (unpaired) electrons. The van der Waals surface area contributed by atoms with Crippen molar-refractivity contribution in [1.29, 1.82) is 0 Å². The van der Waals surface area contributed by atoms with Crippen LogP contribution in [0.4, 0.5) is 0 Å². The van der Waals surface area contributed by atoms with E-state index < -0.39 is 15.6 Å². The molecule has 120 valence electrons. The Morgan fingerprint density at radius 1 is 1.19 bits per heavy atom. The van der Waals surface area contributed by atoms with Gasteiger partial charge in [-0.3, -0.25) is 0 Å². The second-order valence-corrected chi connectivity index (χ2v) is 7.90. The molecular formula is C13H19Cl3N2O2S. The largest absolute Gasteiger partial charge is 0.324 e. The van der Waals surface area contributed by atoms with Gasteiger partial charge in [-0.2, -0.15) is 0 Å². The van der Waals surface area contributed by atoms with Gasteiger partial charge in [-0.25, -0.2) is 13.1 Å². The minimum Gasteiger partial charge on any atom is -0.324 e. The molecular weight excluding hydrogens is 355 g/mol. The van der Waals surface area contributed by atoms with Crippen molar-refractivity contribution in [2.45, 2.75) is 42.5 Å². The normalized spacial score (nSPS) is 18.0. The van der Waals surface area contributed by atoms with Crippen LogP contribution in [0.15, 0.2) is 23.1 Å². The molecule has 1 aliphatic rings. The number of benzene rings is 1. The molecule has 0 amide bonds. The van der Waals surface area contributed by atoms with Crippen LogP contribution in [0.3, 0.4) is 0 Å². The minimum atomic E-state index is -3.70. The number of hydrogen-bond donors (Lipinski definition) is 2. The SMILES string of the molecule is Cl.NC1(CNS(=O)(=O)c2cc(Cl)ccc2Cl)CCCCC1. The van der Waals surface area contributed by atoms with Gasteiger partial charge >= 0.3 is 0 Å². The molecule has 0 spiro atoms. The van der Waals surface area contributed by atoms with Gasteiger partial charge < -0.3 is 5.73 Å². The van der Waals surface area contributed by atoms with Gasteiger partial charge in [0, 0.05) is 17.1 Å². The lowest BCUT2D eigenvalue weighted by Crippen LogP contribution is -2.51. The van der Waals surface area contributed by atoms with E-state index in [4.69, 9.17) is 28.9 Å². The van der Waals surface area contributed by atoms with Gasteiger partial charge in [-0.1, -0.05) is 42.5 Å². The summed E-state index contributed by atoms with van der Waals surface area (Å²) in [6.45, 7) is 0.220. The zero-order valence-electron chi connectivity index (χ0n) is 11.4. The lowest BCUT2D eigenvalue weighted by atomic mass is 9.83. The lowest BCUT2D eigenvalue weighted by Gasteiger charge is -2.33. The Labute approximate surface area is 141 Å². The third kappa shape index (κ3) is 4.98. The standard InChI is InChI=1S/C13H18Cl2N2O2S.ClH/c14-10-4-5-11(15)12(8-10)20(18,19)17-9-13(16)6-2-1-3-7-13;/h4-5,8,17H,1-3,6-7,9,16H2;1H. The zero-order valence-corrected chi connectivity index (χ0v) is 14.6. The van der Waals surface area contributed by atoms with Crippen LogP contribution in [-0.2, 0) is 10.0 Å². The van der Waals surface area contributed by atoms with E-state index in [9.17, 15) is 8.42 Å². The van der Waals surface area contributed by atoms with Gasteiger partial charge in [-0.15, -0.1) is 12.4 Å². The summed E-state index contributed by atoms with van der Waals surface area (Å²) in [6, 6.07) is 4.36. The third-order valence-electron chi connectivity index (χ3n) is 3.65. The molecule has 0 unspecified atom stereocenters. The maximum Gasteiger partial charge on any atom is 0.242 e. The summed E-state index contributed by atoms with van der Waals surface area (Å²) in [5.41, 5.74) is 5.76. The Hall–Kier alpha value is -0.0400. The molecule has 1 aromatic rings. The fourth-order valence-electron chi connectivity index (χ4n) is 2.43. The predicted octanol–water partition coefficient (Wildman–Crippen LogP) is 3.36. The van der Waals surface area contributed by atoms with Crippen molar-refractivity contribution in [2.24, 2.45) is 5.73 Å². The summed E-state index contributed by atoms with van der Waals surface area (Å²) in [5.74, 6) is 0. The molecule has 3 N–H and O–H groups in total. The first-order valence-electron chi connectivity index (χ1n) is 6.56. The van der Waals surface area contributed by atoms with Crippen LogP contribution in [0.25, 0.3) is 0 Å². The van der Waals surface area contributed by atoms with E-state index in [-0.39, 0.29) is 28.9 Å². The van der Waals surface area contributed by atoms with Crippen LogP contribution in [0.1, 0.15) is 32.1 Å². The third-order valence-corrected chi connectivity index (χ3v) is 5.76. The molecule has 0 bridgehead atoms. The molecule has 2 rings (SSSR count). The number of nitrogens with two attached hydrogens (primary N) is 1. The molecule has 1 saturated carbocycles. The predicted molar refractivity (Wildman–Crippen MR) is 88.9 cm³/mol.